The third kappa shape index (κ3) is 5.07. The van der Waals surface area contributed by atoms with E-state index in [-0.39, 0.29) is 32.3 Å². The van der Waals surface area contributed by atoms with Crippen molar-refractivity contribution in [3.63, 3.8) is 0 Å². The number of hydrogen-bond acceptors (Lipinski definition) is 5. The van der Waals surface area contributed by atoms with Crippen molar-refractivity contribution in [1.82, 2.24) is 0 Å². The predicted octanol–water partition coefficient (Wildman–Crippen LogP) is 3.68. The van der Waals surface area contributed by atoms with Gasteiger partial charge in [0.05, 0.1) is 0 Å². The summed E-state index contributed by atoms with van der Waals surface area (Å²) in [5.41, 5.74) is 0.875. The van der Waals surface area contributed by atoms with Crippen molar-refractivity contribution in [1.29, 1.82) is 0 Å². The number of nitrogens with zero attached hydrogens (tertiary/aromatic N) is 1. The molecule has 2 rings (SSSR count). The second-order valence-corrected chi connectivity index (χ2v) is 9.11. The molecule has 0 heterocycles. The molecule has 9 heteroatoms. The van der Waals surface area contributed by atoms with Crippen LogP contribution in [0.3, 0.4) is 0 Å². The van der Waals surface area contributed by atoms with E-state index in [1.165, 1.54) is 19.2 Å². The Morgan fingerprint density at radius 1 is 1.15 bits per heavy atom. The topological polar surface area (TPSA) is 86.5 Å². The fraction of sp³-hybridized carbons (Fsp3) is 0.176. The van der Waals surface area contributed by atoms with Gasteiger partial charge in [-0.15, -0.1) is 0 Å². The van der Waals surface area contributed by atoms with Gasteiger partial charge in [-0.1, -0.05) is 0 Å². The first-order chi connectivity index (χ1) is 12.3. The number of nitro groups is 1. The molecule has 0 bridgehead atoms. The second-order valence-electron chi connectivity index (χ2n) is 5.27. The van der Waals surface area contributed by atoms with Crippen molar-refractivity contribution in [3.8, 4) is 0 Å². The van der Waals surface area contributed by atoms with Crippen LogP contribution in [-0.2, 0) is 16.0 Å². The molecule has 0 amide bonds. The molecule has 6 nitrogen and oxygen atoms in total. The van der Waals surface area contributed by atoms with Gasteiger partial charge < -0.3 is 0 Å². The number of rotatable bonds is 7. The Balaban J connectivity index is 2.21. The van der Waals surface area contributed by atoms with Crippen molar-refractivity contribution in [2.75, 3.05) is 7.11 Å². The van der Waals surface area contributed by atoms with Gasteiger partial charge in [0.1, 0.15) is 0 Å². The summed E-state index contributed by atoms with van der Waals surface area (Å²) in [5, 5.41) is 11.2. The summed E-state index contributed by atoms with van der Waals surface area (Å²) in [6.45, 7) is 0. The third-order valence-electron chi connectivity index (χ3n) is 3.57. The fourth-order valence-corrected chi connectivity index (χ4v) is 5.91. The summed E-state index contributed by atoms with van der Waals surface area (Å²) in [6.07, 6.45) is 0.248. The molecule has 0 spiro atoms. The molecule has 0 radical (unpaired) electrons. The Bertz CT molecular complexity index is 821. The van der Waals surface area contributed by atoms with Crippen LogP contribution in [-0.4, -0.2) is 38.3 Å². The van der Waals surface area contributed by atoms with Crippen molar-refractivity contribution < 1.29 is 19.2 Å². The Labute approximate surface area is 166 Å². The molecule has 0 saturated carbocycles. The van der Waals surface area contributed by atoms with Crippen LogP contribution in [0.15, 0.2) is 42.5 Å². The molecule has 0 aliphatic rings. The van der Waals surface area contributed by atoms with E-state index in [0.29, 0.717) is 5.56 Å². The zero-order valence-corrected chi connectivity index (χ0v) is 17.2. The van der Waals surface area contributed by atoms with Gasteiger partial charge in [-0.3, -0.25) is 0 Å². The Kier molecular flexibility index (Phi) is 7.21. The van der Waals surface area contributed by atoms with Gasteiger partial charge in [0, 0.05) is 0 Å². The Morgan fingerprint density at radius 3 is 2.23 bits per heavy atom. The number of ether oxygens (including phenoxy) is 1. The van der Waals surface area contributed by atoms with E-state index in [2.05, 4.69) is 0 Å². The molecule has 0 saturated heterocycles. The number of non-ortho nitro benzene ring substituents is 1. The quantitative estimate of drug-likeness (QED) is 0.274. The molecule has 2 aromatic rings. The monoisotopic (exact) mass is 457 g/mol. The first kappa shape index (κ1) is 20.4. The predicted molar refractivity (Wildman–Crippen MR) is 101 cm³/mol. The summed E-state index contributed by atoms with van der Waals surface area (Å²) >= 11 is 10.6. The van der Waals surface area contributed by atoms with Crippen LogP contribution in [0.1, 0.15) is 15.9 Å². The minimum absolute atomic E-state index is 0.0432. The van der Waals surface area contributed by atoms with E-state index in [1.54, 1.807) is 30.3 Å². The number of hydrogen-bond donors (Lipinski definition) is 0. The summed E-state index contributed by atoms with van der Waals surface area (Å²) in [7, 11) is 1.25. The number of carbonyl (C=O) groups is 2. The molecule has 26 heavy (non-hydrogen) atoms. The maximum absolute atomic E-state index is 12.6. The van der Waals surface area contributed by atoms with Crippen LogP contribution in [0.4, 0.5) is 5.69 Å². The number of nitro benzene ring substituents is 1. The van der Waals surface area contributed by atoms with Crippen LogP contribution >= 0.6 is 23.2 Å². The molecule has 2 atom stereocenters. The van der Waals surface area contributed by atoms with Crippen molar-refractivity contribution in [3.05, 3.63) is 73.8 Å². The van der Waals surface area contributed by atoms with Gasteiger partial charge in [-0.05, 0) is 0 Å². The molecule has 136 valence electrons. The van der Waals surface area contributed by atoms with Crippen molar-refractivity contribution in [2.45, 2.75) is 11.1 Å². The molecular formula is C17H14AsCl2NO5. The molecule has 0 fully saturated rings. The van der Waals surface area contributed by atoms with Crippen LogP contribution in [0.5, 0.6) is 0 Å². The Morgan fingerprint density at radius 2 is 1.73 bits per heavy atom. The zero-order valence-electron chi connectivity index (χ0n) is 13.6. The SMILES string of the molecule is COC(=O)C(Cc1ccc([N+](=O)[O-])cc1)[AsH]C(=O)c1c(Cl)cccc1Cl. The molecule has 0 aliphatic carbocycles. The van der Waals surface area contributed by atoms with E-state index in [9.17, 15) is 19.7 Å². The van der Waals surface area contributed by atoms with Crippen molar-refractivity contribution in [2.24, 2.45) is 0 Å². The zero-order chi connectivity index (χ0) is 19.3. The van der Waals surface area contributed by atoms with Gasteiger partial charge in [-0.2, -0.15) is 0 Å². The summed E-state index contributed by atoms with van der Waals surface area (Å²) in [4.78, 5) is 35.0. The van der Waals surface area contributed by atoms with E-state index in [0.717, 1.165) is 0 Å². The van der Waals surface area contributed by atoms with Crippen LogP contribution < -0.4 is 0 Å². The van der Waals surface area contributed by atoms with Gasteiger partial charge in [0.2, 0.25) is 0 Å². The number of halogens is 2. The number of methoxy groups -OCH3 is 1. The summed E-state index contributed by atoms with van der Waals surface area (Å²) < 4.78 is 3.92. The Hall–Kier alpha value is -1.88. The van der Waals surface area contributed by atoms with E-state index >= 15 is 0 Å². The van der Waals surface area contributed by atoms with E-state index in [4.69, 9.17) is 27.9 Å². The van der Waals surface area contributed by atoms with Crippen molar-refractivity contribution >= 4 is 55.2 Å². The van der Waals surface area contributed by atoms with Gasteiger partial charge in [0.25, 0.3) is 0 Å². The van der Waals surface area contributed by atoms with Gasteiger partial charge >= 0.3 is 166 Å². The average molecular weight is 458 g/mol. The standard InChI is InChI=1S/C17H14AsCl2NO5/c1-26-17(23)12(9-10-5-7-11(8-6-10)21(24)25)18-16(22)15-13(19)3-2-4-14(15)20/h2-8,12,18H,9H2,1H3. The second kappa shape index (κ2) is 9.17. The first-order valence-corrected chi connectivity index (χ1v) is 10.4. The molecular weight excluding hydrogens is 444 g/mol. The molecule has 0 aromatic heterocycles. The molecule has 2 aromatic carbocycles. The molecule has 0 N–H and O–H groups in total. The molecule has 0 aliphatic heterocycles. The minimum atomic E-state index is -1.49. The molecule has 2 unspecified atom stereocenters. The first-order valence-electron chi connectivity index (χ1n) is 7.39. The van der Waals surface area contributed by atoms with Gasteiger partial charge in [-0.25, -0.2) is 0 Å². The normalized spacial score (nSPS) is 12.1. The van der Waals surface area contributed by atoms with Crippen LogP contribution in [0, 0.1) is 10.1 Å². The number of esters is 1. The fourth-order valence-electron chi connectivity index (χ4n) is 2.27. The number of benzene rings is 2. The third-order valence-corrected chi connectivity index (χ3v) is 6.93. The maximum atomic E-state index is 12.6. The number of carbonyl (C=O) groups excluding carboxylic acids is 2. The van der Waals surface area contributed by atoms with Crippen LogP contribution in [0.2, 0.25) is 14.8 Å². The summed E-state index contributed by atoms with van der Waals surface area (Å²) in [5.74, 6) is -0.500. The van der Waals surface area contributed by atoms with E-state index in [1.807, 2.05) is 0 Å². The van der Waals surface area contributed by atoms with Gasteiger partial charge in [0.15, 0.2) is 0 Å². The van der Waals surface area contributed by atoms with Crippen LogP contribution in [0.25, 0.3) is 0 Å². The average Bonchev–Trinajstić information content (AvgIpc) is 2.60. The van der Waals surface area contributed by atoms with E-state index < -0.39 is 31.4 Å². The summed E-state index contributed by atoms with van der Waals surface area (Å²) in [6, 6.07) is 10.6.